The Kier molecular flexibility index (Phi) is 3.80. The first kappa shape index (κ1) is 13.3. The summed E-state index contributed by atoms with van der Waals surface area (Å²) in [6.07, 6.45) is 2.46. The van der Waals surface area contributed by atoms with Crippen molar-refractivity contribution in [1.82, 2.24) is 14.5 Å². The van der Waals surface area contributed by atoms with Gasteiger partial charge in [-0.05, 0) is 36.8 Å². The average Bonchev–Trinajstić information content (AvgIpc) is 2.84. The molecule has 0 saturated carbocycles. The number of aryl methyl sites for hydroxylation is 1. The molecule has 0 fully saturated rings. The van der Waals surface area contributed by atoms with E-state index >= 15 is 0 Å². The number of pyridine rings is 1. The van der Waals surface area contributed by atoms with Crippen molar-refractivity contribution in [3.8, 4) is 11.5 Å². The van der Waals surface area contributed by atoms with Crippen LogP contribution >= 0.6 is 15.9 Å². The van der Waals surface area contributed by atoms with E-state index in [1.54, 1.807) is 6.20 Å². The smallest absolute Gasteiger partial charge is 0.159 e. The summed E-state index contributed by atoms with van der Waals surface area (Å²) in [6, 6.07) is 11.8. The molecule has 0 aliphatic carbocycles. The van der Waals surface area contributed by atoms with Crippen LogP contribution in [0, 0.1) is 0 Å². The highest BCUT2D eigenvalue weighted by Crippen LogP contribution is 2.26. The quantitative estimate of drug-likeness (QED) is 0.798. The van der Waals surface area contributed by atoms with Crippen LogP contribution in [0.15, 0.2) is 47.1 Å². The molecule has 2 heterocycles. The van der Waals surface area contributed by atoms with Crippen LogP contribution in [0.2, 0.25) is 0 Å². The first-order valence-corrected chi connectivity index (χ1v) is 7.27. The van der Waals surface area contributed by atoms with Gasteiger partial charge >= 0.3 is 0 Å². The van der Waals surface area contributed by atoms with Gasteiger partial charge in [-0.15, -0.1) is 0 Å². The van der Waals surface area contributed by atoms with Gasteiger partial charge in [0, 0.05) is 23.8 Å². The Morgan fingerprint density at radius 2 is 2.10 bits per heavy atom. The predicted octanol–water partition coefficient (Wildman–Crippen LogP) is 3.24. The van der Waals surface area contributed by atoms with Crippen molar-refractivity contribution in [3.63, 3.8) is 0 Å². The maximum Gasteiger partial charge on any atom is 0.159 e. The third-order valence-corrected chi connectivity index (χ3v) is 3.64. The summed E-state index contributed by atoms with van der Waals surface area (Å²) in [4.78, 5) is 9.05. The molecule has 3 rings (SSSR count). The summed E-state index contributed by atoms with van der Waals surface area (Å²) in [5.41, 5.74) is 2.83. The standard InChI is InChI=1S/C15H14BrN3O/c16-11-5-6-12-14(10-11)19(8-3-9-20)15(18-12)13-4-1-2-7-17-13/h1-2,4-7,10,20H,3,8-9H2. The Balaban J connectivity index is 2.19. The lowest BCUT2D eigenvalue weighted by Gasteiger charge is -2.07. The molecule has 1 N–H and O–H groups in total. The summed E-state index contributed by atoms with van der Waals surface area (Å²) in [5.74, 6) is 0.840. The van der Waals surface area contributed by atoms with Gasteiger partial charge in [-0.2, -0.15) is 0 Å². The fourth-order valence-corrected chi connectivity index (χ4v) is 2.59. The Morgan fingerprint density at radius 3 is 2.85 bits per heavy atom. The number of nitrogens with zero attached hydrogens (tertiary/aromatic N) is 3. The SMILES string of the molecule is OCCCn1c(-c2ccccn2)nc2ccc(Br)cc21. The van der Waals surface area contributed by atoms with E-state index in [1.807, 2.05) is 36.4 Å². The molecule has 0 aliphatic heterocycles. The molecule has 4 nitrogen and oxygen atoms in total. The second-order valence-electron chi connectivity index (χ2n) is 4.51. The van der Waals surface area contributed by atoms with Crippen LogP contribution in [0.3, 0.4) is 0 Å². The van der Waals surface area contributed by atoms with Gasteiger partial charge in [-0.25, -0.2) is 4.98 Å². The minimum Gasteiger partial charge on any atom is -0.396 e. The number of imidazole rings is 1. The van der Waals surface area contributed by atoms with Crippen LogP contribution in [-0.4, -0.2) is 26.2 Å². The van der Waals surface area contributed by atoms with E-state index in [2.05, 4.69) is 30.5 Å². The van der Waals surface area contributed by atoms with Crippen molar-refractivity contribution in [2.45, 2.75) is 13.0 Å². The first-order valence-electron chi connectivity index (χ1n) is 6.47. The molecule has 102 valence electrons. The van der Waals surface area contributed by atoms with Crippen LogP contribution in [0.5, 0.6) is 0 Å². The summed E-state index contributed by atoms with van der Waals surface area (Å²) < 4.78 is 3.13. The normalized spacial score (nSPS) is 11.1. The number of fused-ring (bicyclic) bond motifs is 1. The van der Waals surface area contributed by atoms with Crippen LogP contribution < -0.4 is 0 Å². The Hall–Kier alpha value is -1.72. The number of rotatable bonds is 4. The minimum atomic E-state index is 0.162. The summed E-state index contributed by atoms with van der Waals surface area (Å²) in [7, 11) is 0. The van der Waals surface area contributed by atoms with Crippen LogP contribution in [-0.2, 0) is 6.54 Å². The molecule has 1 aromatic carbocycles. The van der Waals surface area contributed by atoms with E-state index in [0.29, 0.717) is 6.42 Å². The van der Waals surface area contributed by atoms with Crippen molar-refractivity contribution in [3.05, 3.63) is 47.1 Å². The van der Waals surface area contributed by atoms with Crippen LogP contribution in [0.1, 0.15) is 6.42 Å². The zero-order valence-corrected chi connectivity index (χ0v) is 12.4. The van der Waals surface area contributed by atoms with Crippen molar-refractivity contribution in [2.24, 2.45) is 0 Å². The molecule has 0 radical (unpaired) electrons. The number of hydrogen-bond acceptors (Lipinski definition) is 3. The predicted molar refractivity (Wildman–Crippen MR) is 82.4 cm³/mol. The number of hydrogen-bond donors (Lipinski definition) is 1. The van der Waals surface area contributed by atoms with Crippen molar-refractivity contribution in [2.75, 3.05) is 6.61 Å². The van der Waals surface area contributed by atoms with Crippen molar-refractivity contribution >= 4 is 27.0 Å². The van der Waals surface area contributed by atoms with Gasteiger partial charge in [0.05, 0.1) is 11.0 Å². The summed E-state index contributed by atoms with van der Waals surface area (Å²) in [6.45, 7) is 0.880. The highest BCUT2D eigenvalue weighted by atomic mass is 79.9. The molecule has 3 aromatic rings. The van der Waals surface area contributed by atoms with Gasteiger partial charge in [0.2, 0.25) is 0 Å². The van der Waals surface area contributed by atoms with Gasteiger partial charge in [0.1, 0.15) is 5.69 Å². The summed E-state index contributed by atoms with van der Waals surface area (Å²) >= 11 is 3.49. The average molecular weight is 332 g/mol. The molecule has 0 saturated heterocycles. The van der Waals surface area contributed by atoms with Gasteiger partial charge in [0.15, 0.2) is 5.82 Å². The van der Waals surface area contributed by atoms with Crippen molar-refractivity contribution in [1.29, 1.82) is 0 Å². The van der Waals surface area contributed by atoms with E-state index in [9.17, 15) is 0 Å². The first-order chi connectivity index (χ1) is 9.79. The molecule has 0 aliphatic rings. The Labute approximate surface area is 125 Å². The van der Waals surface area contributed by atoms with E-state index < -0.39 is 0 Å². The van der Waals surface area contributed by atoms with Gasteiger partial charge in [0.25, 0.3) is 0 Å². The Bertz CT molecular complexity index is 725. The second-order valence-corrected chi connectivity index (χ2v) is 5.43. The zero-order valence-electron chi connectivity index (χ0n) is 10.8. The van der Waals surface area contributed by atoms with Crippen molar-refractivity contribution < 1.29 is 5.11 Å². The van der Waals surface area contributed by atoms with E-state index in [4.69, 9.17) is 5.11 Å². The third-order valence-electron chi connectivity index (χ3n) is 3.14. The molecule has 0 unspecified atom stereocenters. The van der Waals surface area contributed by atoms with Gasteiger partial charge in [-0.3, -0.25) is 4.98 Å². The molecule has 20 heavy (non-hydrogen) atoms. The molecule has 2 aromatic heterocycles. The molecular formula is C15H14BrN3O. The highest BCUT2D eigenvalue weighted by Gasteiger charge is 2.13. The van der Waals surface area contributed by atoms with E-state index in [0.717, 1.165) is 33.6 Å². The highest BCUT2D eigenvalue weighted by molar-refractivity contribution is 9.10. The number of aliphatic hydroxyl groups excluding tert-OH is 1. The number of benzene rings is 1. The zero-order chi connectivity index (χ0) is 13.9. The topological polar surface area (TPSA) is 50.9 Å². The molecule has 0 spiro atoms. The molecule has 5 heteroatoms. The molecule has 0 atom stereocenters. The van der Waals surface area contributed by atoms with E-state index in [-0.39, 0.29) is 6.61 Å². The largest absolute Gasteiger partial charge is 0.396 e. The fourth-order valence-electron chi connectivity index (χ4n) is 2.24. The minimum absolute atomic E-state index is 0.162. The Morgan fingerprint density at radius 1 is 1.20 bits per heavy atom. The number of aliphatic hydroxyl groups is 1. The van der Waals surface area contributed by atoms with Crippen LogP contribution in [0.4, 0.5) is 0 Å². The van der Waals surface area contributed by atoms with Crippen LogP contribution in [0.25, 0.3) is 22.6 Å². The second kappa shape index (κ2) is 5.73. The van der Waals surface area contributed by atoms with Gasteiger partial charge < -0.3 is 9.67 Å². The molecule has 0 amide bonds. The number of halogens is 1. The van der Waals surface area contributed by atoms with E-state index in [1.165, 1.54) is 0 Å². The fraction of sp³-hybridized carbons (Fsp3) is 0.200. The lowest BCUT2D eigenvalue weighted by molar-refractivity contribution is 0.281. The molecule has 0 bridgehead atoms. The maximum absolute atomic E-state index is 9.09. The lowest BCUT2D eigenvalue weighted by Crippen LogP contribution is -2.03. The lowest BCUT2D eigenvalue weighted by atomic mass is 10.3. The van der Waals surface area contributed by atoms with Gasteiger partial charge in [-0.1, -0.05) is 22.0 Å². The molecular weight excluding hydrogens is 318 g/mol. The summed E-state index contributed by atoms with van der Waals surface area (Å²) in [5, 5.41) is 9.09. The maximum atomic E-state index is 9.09. The number of aromatic nitrogens is 3. The monoisotopic (exact) mass is 331 g/mol. The third kappa shape index (κ3) is 2.46.